The lowest BCUT2D eigenvalue weighted by molar-refractivity contribution is -0.135. The van der Waals surface area contributed by atoms with Crippen molar-refractivity contribution in [3.8, 4) is 0 Å². The molecular weight excluding hydrogens is 418 g/mol. The number of rotatable bonds is 8. The first-order valence-corrected chi connectivity index (χ1v) is 12.8. The van der Waals surface area contributed by atoms with Gasteiger partial charge in [-0.1, -0.05) is 50.6 Å². The number of likely N-dealkylation sites (tertiary alicyclic amines) is 1. The average Bonchev–Trinajstić information content (AvgIpc) is 2.83. The van der Waals surface area contributed by atoms with Crippen molar-refractivity contribution in [2.45, 2.75) is 50.5 Å². The van der Waals surface area contributed by atoms with E-state index in [4.69, 9.17) is 0 Å². The predicted molar refractivity (Wildman–Crippen MR) is 133 cm³/mol. The second kappa shape index (κ2) is 12.0. The fourth-order valence-electron chi connectivity index (χ4n) is 4.17. The molecule has 0 aliphatic carbocycles. The maximum Gasteiger partial charge on any atom is 0.319 e. The van der Waals surface area contributed by atoms with Gasteiger partial charge in [0.2, 0.25) is 5.91 Å². The summed E-state index contributed by atoms with van der Waals surface area (Å²) in [6.45, 7) is 5.58. The molecule has 3 rings (SSSR count). The Balaban J connectivity index is 1.55. The number of carbonyl (C=O) groups is 2. The van der Waals surface area contributed by atoms with Gasteiger partial charge >= 0.3 is 6.03 Å². The number of piperidine rings is 1. The third kappa shape index (κ3) is 6.76. The Morgan fingerprint density at radius 2 is 1.72 bits per heavy atom. The van der Waals surface area contributed by atoms with E-state index >= 15 is 0 Å². The number of benzene rings is 2. The van der Waals surface area contributed by atoms with E-state index in [1.807, 2.05) is 48.4 Å². The van der Waals surface area contributed by atoms with Gasteiger partial charge in [0.05, 0.1) is 0 Å². The van der Waals surface area contributed by atoms with E-state index in [1.165, 1.54) is 5.56 Å². The summed E-state index contributed by atoms with van der Waals surface area (Å²) in [5, 5.41) is 5.81. The molecule has 6 heteroatoms. The van der Waals surface area contributed by atoms with Crippen molar-refractivity contribution < 1.29 is 9.59 Å². The lowest BCUT2D eigenvalue weighted by atomic mass is 9.89. The van der Waals surface area contributed by atoms with Crippen molar-refractivity contribution in [1.29, 1.82) is 0 Å². The monoisotopic (exact) mass is 453 g/mol. The number of hydrogen-bond donors (Lipinski definition) is 2. The molecule has 2 atom stereocenters. The summed E-state index contributed by atoms with van der Waals surface area (Å²) < 4.78 is 0. The van der Waals surface area contributed by atoms with Gasteiger partial charge in [-0.25, -0.2) is 4.79 Å². The highest BCUT2D eigenvalue weighted by atomic mass is 32.2. The summed E-state index contributed by atoms with van der Waals surface area (Å²) in [5.74, 6) is 0.698. The zero-order chi connectivity index (χ0) is 22.9. The van der Waals surface area contributed by atoms with Crippen LogP contribution in [0.5, 0.6) is 0 Å². The van der Waals surface area contributed by atoms with Gasteiger partial charge in [0.15, 0.2) is 0 Å². The molecule has 1 fully saturated rings. The van der Waals surface area contributed by atoms with Crippen molar-refractivity contribution in [2.24, 2.45) is 11.8 Å². The molecule has 0 aromatic heterocycles. The number of nitrogens with one attached hydrogen (secondary N) is 2. The Bertz CT molecular complexity index is 864. The minimum absolute atomic E-state index is 0.0328. The zero-order valence-corrected chi connectivity index (χ0v) is 20.2. The van der Waals surface area contributed by atoms with Crippen LogP contribution in [0.1, 0.15) is 38.7 Å². The van der Waals surface area contributed by atoms with Crippen LogP contribution in [0.4, 0.5) is 10.5 Å². The molecular formula is C26H35N3O2S. The molecule has 2 unspecified atom stereocenters. The summed E-state index contributed by atoms with van der Waals surface area (Å²) in [6, 6.07) is 17.4. The molecule has 172 valence electrons. The van der Waals surface area contributed by atoms with Crippen molar-refractivity contribution in [3.63, 3.8) is 0 Å². The SMILES string of the molecule is CCC(C)C(NC(=O)Nc1ccc(SC)cc1)C(=O)N1CCC(Cc2ccccc2)CC1. The Labute approximate surface area is 196 Å². The molecule has 2 N–H and O–H groups in total. The first kappa shape index (κ1) is 24.2. The van der Waals surface area contributed by atoms with E-state index in [1.54, 1.807) is 11.8 Å². The van der Waals surface area contributed by atoms with E-state index < -0.39 is 6.04 Å². The average molecular weight is 454 g/mol. The van der Waals surface area contributed by atoms with E-state index in [9.17, 15) is 9.59 Å². The molecule has 3 amide bonds. The second-order valence-corrected chi connectivity index (χ2v) is 9.53. The Morgan fingerprint density at radius 3 is 2.31 bits per heavy atom. The number of hydrogen-bond acceptors (Lipinski definition) is 3. The number of thioether (sulfide) groups is 1. The van der Waals surface area contributed by atoms with Gasteiger partial charge in [-0.3, -0.25) is 4.79 Å². The van der Waals surface area contributed by atoms with Crippen LogP contribution in [0.2, 0.25) is 0 Å². The lowest BCUT2D eigenvalue weighted by Gasteiger charge is -2.36. The highest BCUT2D eigenvalue weighted by Crippen LogP contribution is 2.23. The van der Waals surface area contributed by atoms with Crippen LogP contribution >= 0.6 is 11.8 Å². The predicted octanol–water partition coefficient (Wildman–Crippen LogP) is 5.43. The van der Waals surface area contributed by atoms with E-state index in [0.29, 0.717) is 5.92 Å². The lowest BCUT2D eigenvalue weighted by Crippen LogP contribution is -2.54. The van der Waals surface area contributed by atoms with Crippen LogP contribution in [0.25, 0.3) is 0 Å². The quantitative estimate of drug-likeness (QED) is 0.524. The van der Waals surface area contributed by atoms with Crippen molar-refractivity contribution in [1.82, 2.24) is 10.2 Å². The summed E-state index contributed by atoms with van der Waals surface area (Å²) in [4.78, 5) is 29.0. The van der Waals surface area contributed by atoms with Crippen LogP contribution in [0, 0.1) is 11.8 Å². The van der Waals surface area contributed by atoms with Crippen LogP contribution in [0.15, 0.2) is 59.5 Å². The molecule has 2 aromatic rings. The van der Waals surface area contributed by atoms with Crippen LogP contribution in [-0.2, 0) is 11.2 Å². The minimum Gasteiger partial charge on any atom is -0.341 e. The van der Waals surface area contributed by atoms with Crippen LogP contribution in [0.3, 0.4) is 0 Å². The summed E-state index contributed by atoms with van der Waals surface area (Å²) in [6.07, 6.45) is 5.91. The molecule has 0 spiro atoms. The molecule has 0 bridgehead atoms. The first-order chi connectivity index (χ1) is 15.5. The Hall–Kier alpha value is -2.47. The van der Waals surface area contributed by atoms with Gasteiger partial charge < -0.3 is 15.5 Å². The molecule has 5 nitrogen and oxygen atoms in total. The van der Waals surface area contributed by atoms with E-state index in [2.05, 4.69) is 41.8 Å². The van der Waals surface area contributed by atoms with Gasteiger partial charge in [0.1, 0.15) is 6.04 Å². The minimum atomic E-state index is -0.517. The standard InChI is InChI=1S/C26H35N3O2S/c1-4-19(2)24(28-26(31)27-22-10-12-23(32-3)13-11-22)25(30)29-16-14-21(15-17-29)18-20-8-6-5-7-9-20/h5-13,19,21,24H,4,14-18H2,1-3H3,(H2,27,28,31). The smallest absolute Gasteiger partial charge is 0.319 e. The third-order valence-electron chi connectivity index (χ3n) is 6.41. The van der Waals surface area contributed by atoms with E-state index in [0.717, 1.165) is 49.4 Å². The molecule has 1 saturated heterocycles. The van der Waals surface area contributed by atoms with Gasteiger partial charge in [-0.05, 0) is 67.2 Å². The topological polar surface area (TPSA) is 61.4 Å². The second-order valence-electron chi connectivity index (χ2n) is 8.65. The molecule has 1 heterocycles. The maximum atomic E-state index is 13.3. The van der Waals surface area contributed by atoms with Gasteiger partial charge in [0.25, 0.3) is 0 Å². The number of nitrogens with zero attached hydrogens (tertiary/aromatic N) is 1. The number of carbonyl (C=O) groups excluding carboxylic acids is 2. The number of amides is 3. The molecule has 0 saturated carbocycles. The summed E-state index contributed by atoms with van der Waals surface area (Å²) in [7, 11) is 0. The van der Waals surface area contributed by atoms with Crippen LogP contribution < -0.4 is 10.6 Å². The van der Waals surface area contributed by atoms with Crippen molar-refractivity contribution in [2.75, 3.05) is 24.7 Å². The fourth-order valence-corrected chi connectivity index (χ4v) is 4.58. The maximum absolute atomic E-state index is 13.3. The Morgan fingerprint density at radius 1 is 1.06 bits per heavy atom. The normalized spacial score (nSPS) is 16.3. The van der Waals surface area contributed by atoms with Crippen molar-refractivity contribution >= 4 is 29.4 Å². The first-order valence-electron chi connectivity index (χ1n) is 11.5. The van der Waals surface area contributed by atoms with Gasteiger partial charge in [0, 0.05) is 23.7 Å². The number of urea groups is 1. The molecule has 0 radical (unpaired) electrons. The fraction of sp³-hybridized carbons (Fsp3) is 0.462. The third-order valence-corrected chi connectivity index (χ3v) is 7.15. The highest BCUT2D eigenvalue weighted by molar-refractivity contribution is 7.98. The summed E-state index contributed by atoms with van der Waals surface area (Å²) in [5.41, 5.74) is 2.08. The number of anilines is 1. The zero-order valence-electron chi connectivity index (χ0n) is 19.3. The largest absolute Gasteiger partial charge is 0.341 e. The summed E-state index contributed by atoms with van der Waals surface area (Å²) >= 11 is 1.66. The highest BCUT2D eigenvalue weighted by Gasteiger charge is 2.32. The van der Waals surface area contributed by atoms with Gasteiger partial charge in [-0.2, -0.15) is 0 Å². The van der Waals surface area contributed by atoms with Crippen molar-refractivity contribution in [3.05, 3.63) is 60.2 Å². The molecule has 1 aliphatic rings. The molecule has 2 aromatic carbocycles. The molecule has 32 heavy (non-hydrogen) atoms. The molecule has 1 aliphatic heterocycles. The Kier molecular flexibility index (Phi) is 9.03. The van der Waals surface area contributed by atoms with Crippen LogP contribution in [-0.4, -0.2) is 42.2 Å². The van der Waals surface area contributed by atoms with E-state index in [-0.39, 0.29) is 17.9 Å². The van der Waals surface area contributed by atoms with Gasteiger partial charge in [-0.15, -0.1) is 11.8 Å².